The minimum atomic E-state index is -0.837. The molecule has 1 aliphatic heterocycles. The van der Waals surface area contributed by atoms with E-state index in [1.807, 2.05) is 13.0 Å². The third-order valence-corrected chi connectivity index (χ3v) is 6.30. The van der Waals surface area contributed by atoms with Crippen molar-refractivity contribution in [3.63, 3.8) is 0 Å². The van der Waals surface area contributed by atoms with Crippen molar-refractivity contribution in [3.8, 4) is 0 Å². The van der Waals surface area contributed by atoms with Crippen molar-refractivity contribution in [1.82, 2.24) is 4.90 Å². The predicted octanol–water partition coefficient (Wildman–Crippen LogP) is 3.83. The van der Waals surface area contributed by atoms with Crippen LogP contribution in [0.15, 0.2) is 42.5 Å². The molecule has 0 bridgehead atoms. The second-order valence-corrected chi connectivity index (χ2v) is 8.87. The highest BCUT2D eigenvalue weighted by molar-refractivity contribution is 7.80. The van der Waals surface area contributed by atoms with Crippen molar-refractivity contribution in [2.24, 2.45) is 0 Å². The van der Waals surface area contributed by atoms with Crippen LogP contribution < -0.4 is 0 Å². The quantitative estimate of drug-likeness (QED) is 0.393. The molecule has 1 saturated carbocycles. The standard InChI is InChI=1S/C25H23NO4S/c1-15-2-4-16(5-3-15)12-19(31)9-6-17-7-10-20-21(13-17)25(30)26(24(20)29)22-11-8-18(27)14-23(22)28/h2-5,7,10,13,22H,6,8-9,11-12,14H2,1H3. The van der Waals surface area contributed by atoms with E-state index >= 15 is 0 Å². The van der Waals surface area contributed by atoms with E-state index in [-0.39, 0.29) is 30.8 Å². The monoisotopic (exact) mass is 433 g/mol. The van der Waals surface area contributed by atoms with E-state index in [1.165, 1.54) is 11.1 Å². The Labute approximate surface area is 186 Å². The second-order valence-electron chi connectivity index (χ2n) is 8.30. The first kappa shape index (κ1) is 21.2. The van der Waals surface area contributed by atoms with Crippen LogP contribution >= 0.6 is 12.2 Å². The number of carbonyl (C=O) groups is 4. The lowest BCUT2D eigenvalue weighted by Crippen LogP contribution is -2.47. The first-order valence-corrected chi connectivity index (χ1v) is 10.9. The number of aryl methyl sites for hydroxylation is 2. The van der Waals surface area contributed by atoms with Gasteiger partial charge in [0.1, 0.15) is 5.78 Å². The maximum absolute atomic E-state index is 12.9. The number of thiocarbonyl (C=S) groups is 1. The zero-order valence-electron chi connectivity index (χ0n) is 17.3. The van der Waals surface area contributed by atoms with E-state index in [9.17, 15) is 19.2 Å². The molecule has 2 aliphatic rings. The molecule has 0 radical (unpaired) electrons. The summed E-state index contributed by atoms with van der Waals surface area (Å²) in [7, 11) is 0. The Morgan fingerprint density at radius 2 is 1.65 bits per heavy atom. The van der Waals surface area contributed by atoms with Crippen LogP contribution in [-0.2, 0) is 22.4 Å². The van der Waals surface area contributed by atoms with Crippen LogP contribution in [0.1, 0.15) is 63.1 Å². The van der Waals surface area contributed by atoms with Gasteiger partial charge in [0.2, 0.25) is 0 Å². The Morgan fingerprint density at radius 3 is 2.35 bits per heavy atom. The molecule has 2 aromatic rings. The minimum absolute atomic E-state index is 0.137. The molecule has 31 heavy (non-hydrogen) atoms. The number of amides is 2. The first-order valence-electron chi connectivity index (χ1n) is 10.5. The molecule has 0 aromatic heterocycles. The summed E-state index contributed by atoms with van der Waals surface area (Å²) < 4.78 is 0. The predicted molar refractivity (Wildman–Crippen MR) is 120 cm³/mol. The van der Waals surface area contributed by atoms with E-state index < -0.39 is 17.9 Å². The van der Waals surface area contributed by atoms with Crippen molar-refractivity contribution in [3.05, 3.63) is 70.3 Å². The van der Waals surface area contributed by atoms with Gasteiger partial charge in [-0.05, 0) is 54.3 Å². The highest BCUT2D eigenvalue weighted by Gasteiger charge is 2.44. The molecule has 1 atom stereocenters. The molecule has 6 heteroatoms. The zero-order valence-corrected chi connectivity index (χ0v) is 18.2. The minimum Gasteiger partial charge on any atom is -0.299 e. The van der Waals surface area contributed by atoms with Gasteiger partial charge in [0.25, 0.3) is 11.8 Å². The van der Waals surface area contributed by atoms with E-state index in [4.69, 9.17) is 12.2 Å². The molecule has 0 N–H and O–H groups in total. The molecule has 0 saturated heterocycles. The summed E-state index contributed by atoms with van der Waals surface area (Å²) in [6.07, 6.45) is 2.33. The van der Waals surface area contributed by atoms with Gasteiger partial charge in [-0.2, -0.15) is 0 Å². The largest absolute Gasteiger partial charge is 0.299 e. The fourth-order valence-electron chi connectivity index (χ4n) is 4.18. The smallest absolute Gasteiger partial charge is 0.262 e. The molecular formula is C25H23NO4S. The van der Waals surface area contributed by atoms with Crippen molar-refractivity contribution in [2.75, 3.05) is 0 Å². The lowest BCUT2D eigenvalue weighted by Gasteiger charge is -2.27. The maximum atomic E-state index is 12.9. The average molecular weight is 434 g/mol. The average Bonchev–Trinajstić information content (AvgIpc) is 2.98. The number of ketones is 2. The second kappa shape index (κ2) is 8.63. The van der Waals surface area contributed by atoms with Gasteiger partial charge in [0, 0.05) is 12.8 Å². The Balaban J connectivity index is 1.43. The normalized spacial score (nSPS) is 18.5. The molecule has 1 heterocycles. The molecule has 0 spiro atoms. The van der Waals surface area contributed by atoms with Gasteiger partial charge in [-0.25, -0.2) is 0 Å². The third-order valence-electron chi connectivity index (χ3n) is 5.95. The summed E-state index contributed by atoms with van der Waals surface area (Å²) in [4.78, 5) is 51.5. The molecule has 1 fully saturated rings. The van der Waals surface area contributed by atoms with E-state index in [1.54, 1.807) is 12.1 Å². The number of imide groups is 1. The molecule has 5 nitrogen and oxygen atoms in total. The summed E-state index contributed by atoms with van der Waals surface area (Å²) >= 11 is 5.54. The number of benzene rings is 2. The van der Waals surface area contributed by atoms with Gasteiger partial charge in [-0.1, -0.05) is 48.1 Å². The van der Waals surface area contributed by atoms with Gasteiger partial charge in [0.05, 0.1) is 23.6 Å². The zero-order chi connectivity index (χ0) is 22.1. The molecule has 158 valence electrons. The van der Waals surface area contributed by atoms with Gasteiger partial charge < -0.3 is 0 Å². The molecule has 2 amide bonds. The number of hydrogen-bond acceptors (Lipinski definition) is 5. The van der Waals surface area contributed by atoms with E-state index in [0.717, 1.165) is 21.7 Å². The number of Topliss-reactive ketones (excluding diaryl/α,β-unsaturated/α-hetero) is 2. The molecule has 2 aromatic carbocycles. The summed E-state index contributed by atoms with van der Waals surface area (Å²) in [6.45, 7) is 2.05. The summed E-state index contributed by atoms with van der Waals surface area (Å²) in [5, 5.41) is 0. The van der Waals surface area contributed by atoms with Crippen LogP contribution in [0.3, 0.4) is 0 Å². The molecular weight excluding hydrogens is 410 g/mol. The van der Waals surface area contributed by atoms with E-state index in [2.05, 4.69) is 24.3 Å². The number of hydrogen-bond donors (Lipinski definition) is 0. The van der Waals surface area contributed by atoms with Gasteiger partial charge in [0.15, 0.2) is 5.78 Å². The van der Waals surface area contributed by atoms with Crippen LogP contribution in [0.25, 0.3) is 0 Å². The van der Waals surface area contributed by atoms with Crippen molar-refractivity contribution in [2.45, 2.75) is 51.5 Å². The third kappa shape index (κ3) is 4.39. The Kier molecular flexibility index (Phi) is 5.92. The Morgan fingerprint density at radius 1 is 0.968 bits per heavy atom. The highest BCUT2D eigenvalue weighted by Crippen LogP contribution is 2.30. The Bertz CT molecular complexity index is 1100. The van der Waals surface area contributed by atoms with Crippen molar-refractivity contribution in [1.29, 1.82) is 0 Å². The van der Waals surface area contributed by atoms with Gasteiger partial charge in [-0.15, -0.1) is 0 Å². The van der Waals surface area contributed by atoms with E-state index in [0.29, 0.717) is 24.0 Å². The van der Waals surface area contributed by atoms with Crippen LogP contribution in [0.2, 0.25) is 0 Å². The van der Waals surface area contributed by atoms with Crippen molar-refractivity contribution < 1.29 is 19.2 Å². The lowest BCUT2D eigenvalue weighted by atomic mass is 9.92. The maximum Gasteiger partial charge on any atom is 0.262 e. The molecule has 4 rings (SSSR count). The van der Waals surface area contributed by atoms with Crippen LogP contribution in [0, 0.1) is 6.92 Å². The number of nitrogens with zero attached hydrogens (tertiary/aromatic N) is 1. The lowest BCUT2D eigenvalue weighted by molar-refractivity contribution is -0.132. The van der Waals surface area contributed by atoms with Gasteiger partial charge in [-0.3, -0.25) is 24.1 Å². The number of rotatable bonds is 6. The first-order chi connectivity index (χ1) is 14.8. The van der Waals surface area contributed by atoms with Crippen LogP contribution in [0.4, 0.5) is 0 Å². The summed E-state index contributed by atoms with van der Waals surface area (Å²) in [5.41, 5.74) is 3.97. The Hall–Kier alpha value is -2.99. The molecule has 1 unspecified atom stereocenters. The summed E-state index contributed by atoms with van der Waals surface area (Å²) in [6, 6.07) is 12.7. The van der Waals surface area contributed by atoms with Crippen molar-refractivity contribution >= 4 is 40.5 Å². The summed E-state index contributed by atoms with van der Waals surface area (Å²) in [5.74, 6) is -1.39. The highest BCUT2D eigenvalue weighted by atomic mass is 32.1. The number of carbonyl (C=O) groups excluding carboxylic acids is 4. The van der Waals surface area contributed by atoms with Crippen LogP contribution in [-0.4, -0.2) is 39.2 Å². The fourth-order valence-corrected chi connectivity index (χ4v) is 4.45. The molecule has 1 aliphatic carbocycles. The fraction of sp³-hybridized carbons (Fsp3) is 0.320. The number of fused-ring (bicyclic) bond motifs is 1. The van der Waals surface area contributed by atoms with Crippen LogP contribution in [0.5, 0.6) is 0 Å². The SMILES string of the molecule is Cc1ccc(CC(=S)CCc2ccc3c(c2)C(=O)N(C2CCC(=O)CC2=O)C3=O)cc1. The topological polar surface area (TPSA) is 71.5 Å². The van der Waals surface area contributed by atoms with Gasteiger partial charge >= 0.3 is 0 Å².